The molecule has 0 aliphatic rings. The standard InChI is InChI=1S/C14H18N2O2/c1-10(2)15-9-12-8-14(18-16-12)11-4-6-13(17-3)7-5-11/h4-8,10,15H,9H2,1-3H3. The minimum absolute atomic E-state index is 0.436. The van der Waals surface area contributed by atoms with Crippen LogP contribution in [-0.4, -0.2) is 18.3 Å². The van der Waals surface area contributed by atoms with E-state index in [2.05, 4.69) is 24.3 Å². The van der Waals surface area contributed by atoms with E-state index < -0.39 is 0 Å². The van der Waals surface area contributed by atoms with Gasteiger partial charge in [-0.15, -0.1) is 0 Å². The molecule has 1 N–H and O–H groups in total. The van der Waals surface area contributed by atoms with Crippen molar-refractivity contribution in [3.05, 3.63) is 36.0 Å². The first-order valence-electron chi connectivity index (χ1n) is 6.02. The Morgan fingerprint density at radius 2 is 2.00 bits per heavy atom. The minimum Gasteiger partial charge on any atom is -0.497 e. The monoisotopic (exact) mass is 246 g/mol. The first kappa shape index (κ1) is 12.6. The average molecular weight is 246 g/mol. The van der Waals surface area contributed by atoms with Gasteiger partial charge in [-0.2, -0.15) is 0 Å². The van der Waals surface area contributed by atoms with Gasteiger partial charge in [0.05, 0.1) is 12.8 Å². The number of benzene rings is 1. The van der Waals surface area contributed by atoms with Crippen LogP contribution in [-0.2, 0) is 6.54 Å². The summed E-state index contributed by atoms with van der Waals surface area (Å²) in [5, 5.41) is 7.34. The Morgan fingerprint density at radius 3 is 2.61 bits per heavy atom. The van der Waals surface area contributed by atoms with Gasteiger partial charge in [-0.25, -0.2) is 0 Å². The van der Waals surface area contributed by atoms with E-state index in [9.17, 15) is 0 Å². The third-order valence-electron chi connectivity index (χ3n) is 2.62. The molecule has 2 aromatic rings. The highest BCUT2D eigenvalue weighted by atomic mass is 16.5. The summed E-state index contributed by atoms with van der Waals surface area (Å²) in [7, 11) is 1.65. The molecule has 96 valence electrons. The maximum Gasteiger partial charge on any atom is 0.167 e. The second-order valence-corrected chi connectivity index (χ2v) is 4.45. The quantitative estimate of drug-likeness (QED) is 0.881. The Labute approximate surface area is 107 Å². The van der Waals surface area contributed by atoms with Crippen LogP contribution >= 0.6 is 0 Å². The number of nitrogens with one attached hydrogen (secondary N) is 1. The van der Waals surface area contributed by atoms with Gasteiger partial charge in [-0.3, -0.25) is 0 Å². The van der Waals surface area contributed by atoms with Gasteiger partial charge in [0.2, 0.25) is 0 Å². The zero-order chi connectivity index (χ0) is 13.0. The van der Waals surface area contributed by atoms with Gasteiger partial charge in [0, 0.05) is 24.2 Å². The van der Waals surface area contributed by atoms with Crippen molar-refractivity contribution in [3.63, 3.8) is 0 Å². The Balaban J connectivity index is 2.08. The van der Waals surface area contributed by atoms with E-state index in [0.717, 1.165) is 29.3 Å². The van der Waals surface area contributed by atoms with Crippen LogP contribution in [0.4, 0.5) is 0 Å². The predicted molar refractivity (Wildman–Crippen MR) is 70.5 cm³/mol. The van der Waals surface area contributed by atoms with Crippen LogP contribution in [0.3, 0.4) is 0 Å². The molecule has 0 bridgehead atoms. The van der Waals surface area contributed by atoms with E-state index in [0.29, 0.717) is 6.04 Å². The average Bonchev–Trinajstić information content (AvgIpc) is 2.85. The van der Waals surface area contributed by atoms with Crippen LogP contribution in [0.1, 0.15) is 19.5 Å². The molecular formula is C14H18N2O2. The molecule has 4 nitrogen and oxygen atoms in total. The molecule has 0 saturated heterocycles. The Kier molecular flexibility index (Phi) is 3.99. The van der Waals surface area contributed by atoms with Crippen LogP contribution in [0, 0.1) is 0 Å². The fourth-order valence-electron chi connectivity index (χ4n) is 1.60. The second-order valence-electron chi connectivity index (χ2n) is 4.45. The lowest BCUT2D eigenvalue weighted by atomic mass is 10.1. The van der Waals surface area contributed by atoms with Gasteiger partial charge in [-0.05, 0) is 24.3 Å². The van der Waals surface area contributed by atoms with E-state index in [1.54, 1.807) is 7.11 Å². The fraction of sp³-hybridized carbons (Fsp3) is 0.357. The number of hydrogen-bond acceptors (Lipinski definition) is 4. The zero-order valence-corrected chi connectivity index (χ0v) is 10.9. The molecule has 0 radical (unpaired) electrons. The number of hydrogen-bond donors (Lipinski definition) is 1. The van der Waals surface area contributed by atoms with Gasteiger partial charge in [0.1, 0.15) is 5.75 Å². The molecule has 0 fully saturated rings. The van der Waals surface area contributed by atoms with Gasteiger partial charge in [0.15, 0.2) is 5.76 Å². The number of aromatic nitrogens is 1. The van der Waals surface area contributed by atoms with E-state index in [-0.39, 0.29) is 0 Å². The summed E-state index contributed by atoms with van der Waals surface area (Å²) < 4.78 is 10.4. The molecule has 0 unspecified atom stereocenters. The summed E-state index contributed by atoms with van der Waals surface area (Å²) in [5.74, 6) is 1.61. The van der Waals surface area contributed by atoms with E-state index in [1.807, 2.05) is 30.3 Å². The Hall–Kier alpha value is -1.81. The molecule has 1 aromatic carbocycles. The van der Waals surface area contributed by atoms with Gasteiger partial charge in [-0.1, -0.05) is 19.0 Å². The molecular weight excluding hydrogens is 228 g/mol. The smallest absolute Gasteiger partial charge is 0.167 e. The third-order valence-corrected chi connectivity index (χ3v) is 2.62. The molecule has 1 aromatic heterocycles. The highest BCUT2D eigenvalue weighted by Gasteiger charge is 2.07. The summed E-state index contributed by atoms with van der Waals surface area (Å²) in [6, 6.07) is 10.1. The van der Waals surface area contributed by atoms with Crippen LogP contribution in [0.5, 0.6) is 5.75 Å². The summed E-state index contributed by atoms with van der Waals surface area (Å²) in [4.78, 5) is 0. The lowest BCUT2D eigenvalue weighted by molar-refractivity contribution is 0.413. The van der Waals surface area contributed by atoms with Crippen LogP contribution < -0.4 is 10.1 Å². The predicted octanol–water partition coefficient (Wildman–Crippen LogP) is 2.85. The molecule has 2 rings (SSSR count). The van der Waals surface area contributed by atoms with Crippen molar-refractivity contribution in [2.24, 2.45) is 0 Å². The number of rotatable bonds is 5. The SMILES string of the molecule is COc1ccc(-c2cc(CNC(C)C)no2)cc1. The number of ether oxygens (including phenoxy) is 1. The van der Waals surface area contributed by atoms with Crippen molar-refractivity contribution in [3.8, 4) is 17.1 Å². The third kappa shape index (κ3) is 3.11. The lowest BCUT2D eigenvalue weighted by Crippen LogP contribution is -2.21. The molecule has 0 saturated carbocycles. The highest BCUT2D eigenvalue weighted by Crippen LogP contribution is 2.22. The summed E-state index contributed by atoms with van der Waals surface area (Å²) in [6.07, 6.45) is 0. The van der Waals surface area contributed by atoms with Crippen molar-refractivity contribution in [2.45, 2.75) is 26.4 Å². The second kappa shape index (κ2) is 5.69. The Morgan fingerprint density at radius 1 is 1.28 bits per heavy atom. The zero-order valence-electron chi connectivity index (χ0n) is 10.9. The van der Waals surface area contributed by atoms with E-state index >= 15 is 0 Å². The van der Waals surface area contributed by atoms with Crippen molar-refractivity contribution >= 4 is 0 Å². The molecule has 0 amide bonds. The summed E-state index contributed by atoms with van der Waals surface area (Å²) in [5.41, 5.74) is 1.91. The number of nitrogens with zero attached hydrogens (tertiary/aromatic N) is 1. The molecule has 4 heteroatoms. The van der Waals surface area contributed by atoms with Crippen LogP contribution in [0.25, 0.3) is 11.3 Å². The topological polar surface area (TPSA) is 47.3 Å². The van der Waals surface area contributed by atoms with E-state index in [4.69, 9.17) is 9.26 Å². The molecule has 0 aliphatic heterocycles. The molecule has 0 atom stereocenters. The van der Waals surface area contributed by atoms with Crippen molar-refractivity contribution < 1.29 is 9.26 Å². The van der Waals surface area contributed by atoms with Gasteiger partial charge in [0.25, 0.3) is 0 Å². The lowest BCUT2D eigenvalue weighted by Gasteiger charge is -2.03. The molecule has 0 aliphatic carbocycles. The van der Waals surface area contributed by atoms with Crippen molar-refractivity contribution in [2.75, 3.05) is 7.11 Å². The molecule has 18 heavy (non-hydrogen) atoms. The van der Waals surface area contributed by atoms with Crippen molar-refractivity contribution in [1.82, 2.24) is 10.5 Å². The molecule has 0 spiro atoms. The minimum atomic E-state index is 0.436. The first-order chi connectivity index (χ1) is 8.69. The summed E-state index contributed by atoms with van der Waals surface area (Å²) >= 11 is 0. The van der Waals surface area contributed by atoms with Crippen LogP contribution in [0.2, 0.25) is 0 Å². The van der Waals surface area contributed by atoms with E-state index in [1.165, 1.54) is 0 Å². The van der Waals surface area contributed by atoms with Gasteiger partial charge >= 0.3 is 0 Å². The highest BCUT2D eigenvalue weighted by molar-refractivity contribution is 5.58. The normalized spacial score (nSPS) is 10.9. The van der Waals surface area contributed by atoms with Crippen molar-refractivity contribution in [1.29, 1.82) is 0 Å². The maximum atomic E-state index is 5.33. The fourth-order valence-corrected chi connectivity index (χ4v) is 1.60. The molecule has 1 heterocycles. The largest absolute Gasteiger partial charge is 0.497 e. The first-order valence-corrected chi connectivity index (χ1v) is 6.02. The maximum absolute atomic E-state index is 5.33. The van der Waals surface area contributed by atoms with Gasteiger partial charge < -0.3 is 14.6 Å². The van der Waals surface area contributed by atoms with Crippen LogP contribution in [0.15, 0.2) is 34.9 Å². The Bertz CT molecular complexity index is 489. The summed E-state index contributed by atoms with van der Waals surface area (Å²) in [6.45, 7) is 4.92. The number of methoxy groups -OCH3 is 1.